The van der Waals surface area contributed by atoms with Crippen molar-refractivity contribution in [3.8, 4) is 5.75 Å². The highest BCUT2D eigenvalue weighted by Gasteiger charge is 2.13. The number of benzene rings is 2. The third-order valence-corrected chi connectivity index (χ3v) is 4.22. The molecular weight excluding hydrogens is 312 g/mol. The van der Waals surface area contributed by atoms with Crippen molar-refractivity contribution in [3.63, 3.8) is 0 Å². The van der Waals surface area contributed by atoms with Gasteiger partial charge in [0.15, 0.2) is 0 Å². The van der Waals surface area contributed by atoms with Crippen molar-refractivity contribution in [2.45, 2.75) is 32.7 Å². The molecule has 4 heteroatoms. The highest BCUT2D eigenvalue weighted by molar-refractivity contribution is 5.75. The van der Waals surface area contributed by atoms with Gasteiger partial charge < -0.3 is 14.5 Å². The van der Waals surface area contributed by atoms with Gasteiger partial charge in [-0.05, 0) is 36.6 Å². The van der Waals surface area contributed by atoms with Gasteiger partial charge in [-0.2, -0.15) is 0 Å². The maximum absolute atomic E-state index is 11.5. The van der Waals surface area contributed by atoms with Crippen LogP contribution in [0.3, 0.4) is 0 Å². The molecule has 0 radical (unpaired) electrons. The molecule has 25 heavy (non-hydrogen) atoms. The zero-order chi connectivity index (χ0) is 17.6. The fourth-order valence-electron chi connectivity index (χ4n) is 2.96. The van der Waals surface area contributed by atoms with E-state index in [1.165, 1.54) is 5.56 Å². The summed E-state index contributed by atoms with van der Waals surface area (Å²) in [5.41, 5.74) is 4.30. The first kappa shape index (κ1) is 17.0. The maximum atomic E-state index is 11.5. The fourth-order valence-corrected chi connectivity index (χ4v) is 2.96. The number of ketones is 1. The van der Waals surface area contributed by atoms with Gasteiger partial charge in [0.05, 0.1) is 12.0 Å². The van der Waals surface area contributed by atoms with Gasteiger partial charge >= 0.3 is 0 Å². The van der Waals surface area contributed by atoms with Crippen LogP contribution in [0.2, 0.25) is 0 Å². The first-order valence-corrected chi connectivity index (χ1v) is 8.46. The van der Waals surface area contributed by atoms with Crippen LogP contribution in [0.4, 0.5) is 0 Å². The van der Waals surface area contributed by atoms with Gasteiger partial charge in [0.25, 0.3) is 0 Å². The molecule has 4 nitrogen and oxygen atoms in total. The second-order valence-electron chi connectivity index (χ2n) is 6.30. The summed E-state index contributed by atoms with van der Waals surface area (Å²) >= 11 is 0. The Hall–Kier alpha value is -2.88. The van der Waals surface area contributed by atoms with Crippen LogP contribution in [0.15, 0.2) is 60.9 Å². The van der Waals surface area contributed by atoms with E-state index in [0.717, 1.165) is 23.4 Å². The summed E-state index contributed by atoms with van der Waals surface area (Å²) in [4.78, 5) is 16.1. The average molecular weight is 334 g/mol. The maximum Gasteiger partial charge on any atom is 0.130 e. The number of Topliss-reactive ketones (excluding diaryl/α,β-unsaturated/α-hetero) is 1. The summed E-state index contributed by atoms with van der Waals surface area (Å²) in [5.74, 6) is 0.433. The van der Waals surface area contributed by atoms with E-state index < -0.39 is 0 Å². The SMILES string of the molecule is CC(=O)CCc1c(Cc2ccccc2)ncn1Cc1cccc(O)c1. The first-order chi connectivity index (χ1) is 12.1. The Balaban J connectivity index is 1.87. The number of rotatable bonds is 7. The van der Waals surface area contributed by atoms with Crippen LogP contribution in [-0.2, 0) is 24.2 Å². The van der Waals surface area contributed by atoms with Crippen molar-refractivity contribution in [2.24, 2.45) is 0 Å². The average Bonchev–Trinajstić information content (AvgIpc) is 2.95. The van der Waals surface area contributed by atoms with Crippen LogP contribution in [0.5, 0.6) is 5.75 Å². The summed E-state index contributed by atoms with van der Waals surface area (Å²) in [6.45, 7) is 2.25. The number of nitrogens with zero attached hydrogens (tertiary/aromatic N) is 2. The number of imidazole rings is 1. The molecule has 0 fully saturated rings. The number of phenolic OH excluding ortho intramolecular Hbond substituents is 1. The van der Waals surface area contributed by atoms with Gasteiger partial charge in [0.2, 0.25) is 0 Å². The zero-order valence-corrected chi connectivity index (χ0v) is 14.4. The molecule has 0 atom stereocenters. The molecule has 0 bridgehead atoms. The minimum absolute atomic E-state index is 0.177. The summed E-state index contributed by atoms with van der Waals surface area (Å²) in [6.07, 6.45) is 3.77. The van der Waals surface area contributed by atoms with Gasteiger partial charge in [-0.15, -0.1) is 0 Å². The number of phenols is 1. The van der Waals surface area contributed by atoms with Crippen LogP contribution in [0, 0.1) is 0 Å². The number of aromatic hydroxyl groups is 1. The first-order valence-electron chi connectivity index (χ1n) is 8.46. The molecule has 0 saturated carbocycles. The largest absolute Gasteiger partial charge is 0.508 e. The zero-order valence-electron chi connectivity index (χ0n) is 14.4. The van der Waals surface area contributed by atoms with E-state index in [1.54, 1.807) is 19.1 Å². The van der Waals surface area contributed by atoms with E-state index in [0.29, 0.717) is 19.4 Å². The summed E-state index contributed by atoms with van der Waals surface area (Å²) in [5, 5.41) is 9.67. The van der Waals surface area contributed by atoms with E-state index >= 15 is 0 Å². The van der Waals surface area contributed by atoms with Crippen molar-refractivity contribution in [1.29, 1.82) is 0 Å². The molecular formula is C21H22N2O2. The third kappa shape index (κ3) is 4.57. The topological polar surface area (TPSA) is 55.1 Å². The number of aromatic nitrogens is 2. The molecule has 1 N–H and O–H groups in total. The Morgan fingerprint density at radius 3 is 2.56 bits per heavy atom. The van der Waals surface area contributed by atoms with E-state index in [2.05, 4.69) is 21.7 Å². The monoisotopic (exact) mass is 334 g/mol. The lowest BCUT2D eigenvalue weighted by molar-refractivity contribution is -0.117. The molecule has 3 rings (SSSR count). The molecule has 0 aliphatic rings. The van der Waals surface area contributed by atoms with Crippen LogP contribution in [0.1, 0.15) is 35.9 Å². The van der Waals surface area contributed by atoms with Gasteiger partial charge in [-0.25, -0.2) is 4.98 Å². The van der Waals surface area contributed by atoms with E-state index in [4.69, 9.17) is 0 Å². The lowest BCUT2D eigenvalue weighted by atomic mass is 10.1. The molecule has 2 aromatic carbocycles. The number of hydrogen-bond acceptors (Lipinski definition) is 3. The summed E-state index contributed by atoms with van der Waals surface area (Å²) < 4.78 is 2.08. The molecule has 0 aliphatic heterocycles. The highest BCUT2D eigenvalue weighted by atomic mass is 16.3. The van der Waals surface area contributed by atoms with Crippen molar-refractivity contribution < 1.29 is 9.90 Å². The molecule has 1 heterocycles. The Bertz CT molecular complexity index is 853. The van der Waals surface area contributed by atoms with E-state index in [1.807, 2.05) is 36.7 Å². The lowest BCUT2D eigenvalue weighted by Gasteiger charge is -2.10. The molecule has 0 amide bonds. The van der Waals surface area contributed by atoms with Crippen LogP contribution in [0.25, 0.3) is 0 Å². The number of carbonyl (C=O) groups is 1. The number of hydrogen-bond donors (Lipinski definition) is 1. The minimum atomic E-state index is 0.177. The highest BCUT2D eigenvalue weighted by Crippen LogP contribution is 2.18. The van der Waals surface area contributed by atoms with Crippen LogP contribution >= 0.6 is 0 Å². The molecule has 1 aromatic heterocycles. The predicted octanol–water partition coefficient (Wildman–Crippen LogP) is 3.75. The van der Waals surface area contributed by atoms with Gasteiger partial charge in [-0.3, -0.25) is 0 Å². The van der Waals surface area contributed by atoms with Gasteiger partial charge in [0.1, 0.15) is 11.5 Å². The summed E-state index contributed by atoms with van der Waals surface area (Å²) in [6, 6.07) is 17.4. The van der Waals surface area contributed by atoms with Crippen LogP contribution in [-0.4, -0.2) is 20.4 Å². The molecule has 0 spiro atoms. The van der Waals surface area contributed by atoms with Crippen molar-refractivity contribution in [2.75, 3.05) is 0 Å². The Morgan fingerprint density at radius 1 is 1.08 bits per heavy atom. The molecule has 0 unspecified atom stereocenters. The quantitative estimate of drug-likeness (QED) is 0.716. The van der Waals surface area contributed by atoms with Crippen molar-refractivity contribution >= 4 is 5.78 Å². The lowest BCUT2D eigenvalue weighted by Crippen LogP contribution is -2.07. The molecule has 128 valence electrons. The second-order valence-corrected chi connectivity index (χ2v) is 6.30. The van der Waals surface area contributed by atoms with Gasteiger partial charge in [-0.1, -0.05) is 42.5 Å². The Labute approximate surface area is 147 Å². The second kappa shape index (κ2) is 7.79. The number of carbonyl (C=O) groups excluding carboxylic acids is 1. The smallest absolute Gasteiger partial charge is 0.130 e. The van der Waals surface area contributed by atoms with Crippen LogP contribution < -0.4 is 0 Å². The minimum Gasteiger partial charge on any atom is -0.508 e. The van der Waals surface area contributed by atoms with Crippen molar-refractivity contribution in [1.82, 2.24) is 9.55 Å². The van der Waals surface area contributed by atoms with E-state index in [-0.39, 0.29) is 11.5 Å². The molecule has 0 saturated heterocycles. The van der Waals surface area contributed by atoms with E-state index in [9.17, 15) is 9.90 Å². The van der Waals surface area contributed by atoms with Gasteiger partial charge in [0, 0.05) is 25.1 Å². The third-order valence-electron chi connectivity index (χ3n) is 4.22. The predicted molar refractivity (Wildman–Crippen MR) is 97.7 cm³/mol. The Kier molecular flexibility index (Phi) is 5.29. The molecule has 3 aromatic rings. The fraction of sp³-hybridized carbons (Fsp3) is 0.238. The standard InChI is InChI=1S/C21H22N2O2/c1-16(24)10-11-21-20(13-17-6-3-2-4-7-17)22-15-23(21)14-18-8-5-9-19(25)12-18/h2-9,12,15,25H,10-11,13-14H2,1H3. The Morgan fingerprint density at radius 2 is 1.84 bits per heavy atom. The molecule has 0 aliphatic carbocycles. The van der Waals surface area contributed by atoms with Crippen molar-refractivity contribution in [3.05, 3.63) is 83.4 Å². The summed E-state index contributed by atoms with van der Waals surface area (Å²) in [7, 11) is 0. The normalized spacial score (nSPS) is 10.8.